The van der Waals surface area contributed by atoms with Crippen molar-refractivity contribution in [2.24, 2.45) is 11.7 Å². The van der Waals surface area contributed by atoms with Crippen molar-refractivity contribution in [3.05, 3.63) is 33.3 Å². The fourth-order valence-corrected chi connectivity index (χ4v) is 1.93. The van der Waals surface area contributed by atoms with Crippen molar-refractivity contribution in [1.82, 2.24) is 0 Å². The lowest BCUT2D eigenvalue weighted by molar-refractivity contribution is 0.514. The molecule has 0 fully saturated rings. The summed E-state index contributed by atoms with van der Waals surface area (Å²) in [7, 11) is 0. The van der Waals surface area contributed by atoms with E-state index in [4.69, 9.17) is 17.3 Å². The summed E-state index contributed by atoms with van der Waals surface area (Å²) in [5, 5.41) is 0.732. The van der Waals surface area contributed by atoms with Gasteiger partial charge in [-0.2, -0.15) is 0 Å². The maximum Gasteiger partial charge on any atom is 0.0465 e. The van der Waals surface area contributed by atoms with Gasteiger partial charge in [0.1, 0.15) is 0 Å². The highest BCUT2D eigenvalue weighted by Crippen LogP contribution is 2.28. The van der Waals surface area contributed by atoms with Crippen molar-refractivity contribution < 1.29 is 0 Å². The van der Waals surface area contributed by atoms with Gasteiger partial charge in [0.05, 0.1) is 0 Å². The summed E-state index contributed by atoms with van der Waals surface area (Å²) >= 11 is 9.42. The molecular formula is C10H13BrClN. The molecule has 0 heterocycles. The molecule has 1 aromatic carbocycles. The van der Waals surface area contributed by atoms with Crippen LogP contribution < -0.4 is 5.73 Å². The van der Waals surface area contributed by atoms with E-state index in [0.717, 1.165) is 15.1 Å². The van der Waals surface area contributed by atoms with E-state index in [1.807, 2.05) is 18.2 Å². The second-order valence-corrected chi connectivity index (χ2v) is 4.76. The third-order valence-electron chi connectivity index (χ3n) is 2.04. The molecule has 0 saturated carbocycles. The van der Waals surface area contributed by atoms with Crippen molar-refractivity contribution in [2.75, 3.05) is 0 Å². The van der Waals surface area contributed by atoms with Crippen LogP contribution in [0.2, 0.25) is 5.02 Å². The fraction of sp³-hybridized carbons (Fsp3) is 0.400. The number of halogens is 2. The number of hydrogen-bond donors (Lipinski definition) is 1. The topological polar surface area (TPSA) is 26.0 Å². The number of rotatable bonds is 2. The van der Waals surface area contributed by atoms with Crippen LogP contribution in [0.3, 0.4) is 0 Å². The van der Waals surface area contributed by atoms with E-state index in [1.54, 1.807) is 0 Å². The van der Waals surface area contributed by atoms with Gasteiger partial charge in [0.25, 0.3) is 0 Å². The monoisotopic (exact) mass is 261 g/mol. The highest BCUT2D eigenvalue weighted by Gasteiger charge is 2.13. The molecule has 3 heteroatoms. The van der Waals surface area contributed by atoms with Crippen LogP contribution in [0.15, 0.2) is 22.7 Å². The Bertz CT molecular complexity index is 299. The van der Waals surface area contributed by atoms with Crippen LogP contribution in [0.5, 0.6) is 0 Å². The van der Waals surface area contributed by atoms with E-state index in [-0.39, 0.29) is 6.04 Å². The minimum absolute atomic E-state index is 0.0144. The van der Waals surface area contributed by atoms with Gasteiger partial charge in [-0.3, -0.25) is 0 Å². The van der Waals surface area contributed by atoms with Crippen LogP contribution >= 0.6 is 27.5 Å². The largest absolute Gasteiger partial charge is 0.324 e. The van der Waals surface area contributed by atoms with E-state index in [1.165, 1.54) is 0 Å². The number of hydrogen-bond acceptors (Lipinski definition) is 1. The molecule has 2 N–H and O–H groups in total. The summed E-state index contributed by atoms with van der Waals surface area (Å²) in [6.07, 6.45) is 0. The van der Waals surface area contributed by atoms with Crippen LogP contribution in [-0.4, -0.2) is 0 Å². The molecule has 1 rings (SSSR count). The smallest absolute Gasteiger partial charge is 0.0465 e. The molecule has 0 aliphatic heterocycles. The zero-order valence-corrected chi connectivity index (χ0v) is 10.1. The van der Waals surface area contributed by atoms with Crippen molar-refractivity contribution in [3.63, 3.8) is 0 Å². The van der Waals surface area contributed by atoms with Gasteiger partial charge in [0.15, 0.2) is 0 Å². The molecule has 1 aromatic rings. The molecule has 0 bridgehead atoms. The fourth-order valence-electron chi connectivity index (χ4n) is 1.13. The first-order chi connectivity index (χ1) is 6.02. The van der Waals surface area contributed by atoms with E-state index in [0.29, 0.717) is 5.92 Å². The Morgan fingerprint density at radius 2 is 2.00 bits per heavy atom. The maximum atomic E-state index is 6.06. The molecule has 0 saturated heterocycles. The molecule has 0 radical (unpaired) electrons. The molecule has 13 heavy (non-hydrogen) atoms. The zero-order chi connectivity index (χ0) is 10.0. The third-order valence-corrected chi connectivity index (χ3v) is 2.86. The second-order valence-electron chi connectivity index (χ2n) is 3.44. The Morgan fingerprint density at radius 3 is 2.46 bits per heavy atom. The molecule has 1 nitrogen and oxygen atoms in total. The Labute approximate surface area is 92.4 Å². The van der Waals surface area contributed by atoms with E-state index in [2.05, 4.69) is 29.8 Å². The molecule has 1 atom stereocenters. The Kier molecular flexibility index (Phi) is 3.77. The highest BCUT2D eigenvalue weighted by molar-refractivity contribution is 9.10. The first-order valence-corrected chi connectivity index (χ1v) is 5.40. The summed E-state index contributed by atoms with van der Waals surface area (Å²) in [6.45, 7) is 4.17. The summed E-state index contributed by atoms with van der Waals surface area (Å²) in [4.78, 5) is 0. The van der Waals surface area contributed by atoms with Gasteiger partial charge in [-0.1, -0.05) is 47.4 Å². The molecule has 0 spiro atoms. The van der Waals surface area contributed by atoms with E-state index in [9.17, 15) is 0 Å². The lowest BCUT2D eigenvalue weighted by atomic mass is 9.97. The molecule has 0 unspecified atom stereocenters. The minimum Gasteiger partial charge on any atom is -0.324 e. The quantitative estimate of drug-likeness (QED) is 0.863. The maximum absolute atomic E-state index is 6.06. The van der Waals surface area contributed by atoms with Crippen LogP contribution in [0.4, 0.5) is 0 Å². The summed E-state index contributed by atoms with van der Waals surface area (Å²) in [6, 6.07) is 5.82. The van der Waals surface area contributed by atoms with Crippen molar-refractivity contribution in [2.45, 2.75) is 19.9 Å². The third kappa shape index (κ3) is 2.70. The molecule has 0 aliphatic rings. The molecule has 0 amide bonds. The minimum atomic E-state index is 0.0144. The van der Waals surface area contributed by atoms with Crippen LogP contribution in [-0.2, 0) is 0 Å². The van der Waals surface area contributed by atoms with Crippen LogP contribution in [0, 0.1) is 5.92 Å². The number of nitrogens with two attached hydrogens (primary N) is 1. The van der Waals surface area contributed by atoms with E-state index < -0.39 is 0 Å². The summed E-state index contributed by atoms with van der Waals surface area (Å²) in [5.41, 5.74) is 7.00. The molecule has 0 aromatic heterocycles. The summed E-state index contributed by atoms with van der Waals surface area (Å²) < 4.78 is 0.984. The average Bonchev–Trinajstić information content (AvgIpc) is 2.03. The first-order valence-electron chi connectivity index (χ1n) is 4.23. The zero-order valence-electron chi connectivity index (χ0n) is 7.72. The Balaban J connectivity index is 3.01. The predicted molar refractivity (Wildman–Crippen MR) is 60.9 cm³/mol. The van der Waals surface area contributed by atoms with Crippen LogP contribution in [0.25, 0.3) is 0 Å². The standard InChI is InChI=1S/C10H13BrClN/c1-6(2)10(13)8-4-3-7(11)5-9(8)12/h3-6,10H,13H2,1-2H3/t10-/m0/s1. The summed E-state index contributed by atoms with van der Waals surface area (Å²) in [5.74, 6) is 0.402. The molecule has 0 aliphatic carbocycles. The SMILES string of the molecule is CC(C)[C@H](N)c1ccc(Br)cc1Cl. The van der Waals surface area contributed by atoms with Gasteiger partial charge >= 0.3 is 0 Å². The van der Waals surface area contributed by atoms with Gasteiger partial charge in [0, 0.05) is 15.5 Å². The van der Waals surface area contributed by atoms with Crippen molar-refractivity contribution in [3.8, 4) is 0 Å². The predicted octanol–water partition coefficient (Wildman–Crippen LogP) is 3.76. The molecular weight excluding hydrogens is 249 g/mol. The molecule has 72 valence electrons. The number of benzene rings is 1. The van der Waals surface area contributed by atoms with Gasteiger partial charge in [-0.15, -0.1) is 0 Å². The Morgan fingerprint density at radius 1 is 1.38 bits per heavy atom. The van der Waals surface area contributed by atoms with Gasteiger partial charge in [0.2, 0.25) is 0 Å². The van der Waals surface area contributed by atoms with Gasteiger partial charge < -0.3 is 5.73 Å². The van der Waals surface area contributed by atoms with Gasteiger partial charge in [-0.05, 0) is 23.6 Å². The van der Waals surface area contributed by atoms with Crippen LogP contribution in [0.1, 0.15) is 25.5 Å². The van der Waals surface area contributed by atoms with E-state index >= 15 is 0 Å². The average molecular weight is 263 g/mol. The van der Waals surface area contributed by atoms with Crippen molar-refractivity contribution in [1.29, 1.82) is 0 Å². The van der Waals surface area contributed by atoms with Gasteiger partial charge in [-0.25, -0.2) is 0 Å². The first kappa shape index (κ1) is 11.0. The Hall–Kier alpha value is -0.0500. The van der Waals surface area contributed by atoms with Crippen molar-refractivity contribution >= 4 is 27.5 Å². The lowest BCUT2D eigenvalue weighted by Gasteiger charge is -2.17. The second kappa shape index (κ2) is 4.45. The lowest BCUT2D eigenvalue weighted by Crippen LogP contribution is -2.16. The normalized spacial score (nSPS) is 13.4. The highest BCUT2D eigenvalue weighted by atomic mass is 79.9.